The van der Waals surface area contributed by atoms with Crippen LogP contribution in [0.1, 0.15) is 90.9 Å². The van der Waals surface area contributed by atoms with Crippen molar-refractivity contribution < 1.29 is 20.1 Å². The Kier molecular flexibility index (Phi) is 11.1. The minimum absolute atomic E-state index is 0.162. The predicted octanol–water partition coefficient (Wildman–Crippen LogP) is 4.69. The highest BCUT2D eigenvalue weighted by molar-refractivity contribution is 5.66. The molecule has 1 aliphatic carbocycles. The van der Waals surface area contributed by atoms with Crippen molar-refractivity contribution in [3.05, 3.63) is 11.6 Å². The molecule has 0 amide bonds. The molecule has 0 aromatic heterocycles. The van der Waals surface area contributed by atoms with Gasteiger partial charge in [-0.1, -0.05) is 50.7 Å². The van der Waals surface area contributed by atoms with Crippen molar-refractivity contribution >= 4 is 5.97 Å². The van der Waals surface area contributed by atoms with Crippen LogP contribution in [0.2, 0.25) is 0 Å². The summed E-state index contributed by atoms with van der Waals surface area (Å²) in [5.74, 6) is -0.389. The lowest BCUT2D eigenvalue weighted by atomic mass is 9.85. The zero-order chi connectivity index (χ0) is 18.7. The van der Waals surface area contributed by atoms with Crippen LogP contribution in [0, 0.1) is 11.8 Å². The van der Waals surface area contributed by atoms with Crippen LogP contribution < -0.4 is 0 Å². The molecule has 4 atom stereocenters. The van der Waals surface area contributed by atoms with Crippen LogP contribution in [-0.2, 0) is 4.79 Å². The van der Waals surface area contributed by atoms with Gasteiger partial charge in [0.05, 0.1) is 12.2 Å². The smallest absolute Gasteiger partial charge is 0.303 e. The quantitative estimate of drug-likeness (QED) is 0.331. The molecular weight excluding hydrogens is 316 g/mol. The van der Waals surface area contributed by atoms with Gasteiger partial charge in [-0.05, 0) is 57.3 Å². The fourth-order valence-electron chi connectivity index (χ4n) is 4.01. The van der Waals surface area contributed by atoms with Crippen molar-refractivity contribution in [2.24, 2.45) is 11.8 Å². The van der Waals surface area contributed by atoms with E-state index in [4.69, 9.17) is 5.11 Å². The van der Waals surface area contributed by atoms with Gasteiger partial charge in [0.1, 0.15) is 0 Å². The topological polar surface area (TPSA) is 77.8 Å². The van der Waals surface area contributed by atoms with E-state index in [9.17, 15) is 15.0 Å². The summed E-state index contributed by atoms with van der Waals surface area (Å²) < 4.78 is 0. The largest absolute Gasteiger partial charge is 0.481 e. The third-order valence-corrected chi connectivity index (χ3v) is 5.61. The fraction of sp³-hybridized carbons (Fsp3) is 0.857. The summed E-state index contributed by atoms with van der Waals surface area (Å²) in [6.45, 7) is 4.38. The van der Waals surface area contributed by atoms with Crippen molar-refractivity contribution in [1.82, 2.24) is 0 Å². The van der Waals surface area contributed by atoms with E-state index in [1.165, 1.54) is 24.8 Å². The summed E-state index contributed by atoms with van der Waals surface area (Å²) in [5, 5.41) is 29.2. The average molecular weight is 355 g/mol. The van der Waals surface area contributed by atoms with Crippen LogP contribution in [-0.4, -0.2) is 33.5 Å². The number of hydrogen-bond donors (Lipinski definition) is 3. The second-order valence-corrected chi connectivity index (χ2v) is 7.79. The van der Waals surface area contributed by atoms with E-state index in [1.54, 1.807) is 0 Å². The van der Waals surface area contributed by atoms with Crippen LogP contribution in [0.3, 0.4) is 0 Å². The molecule has 1 fully saturated rings. The lowest BCUT2D eigenvalue weighted by molar-refractivity contribution is -0.137. The highest BCUT2D eigenvalue weighted by Gasteiger charge is 2.40. The Bertz CT molecular complexity index is 405. The highest BCUT2D eigenvalue weighted by atomic mass is 16.4. The second kappa shape index (κ2) is 12.5. The first kappa shape index (κ1) is 22.2. The first-order valence-corrected chi connectivity index (χ1v) is 10.2. The maximum atomic E-state index is 10.5. The molecule has 1 saturated carbocycles. The molecule has 0 heterocycles. The van der Waals surface area contributed by atoms with Gasteiger partial charge >= 0.3 is 5.97 Å². The number of carboxylic acid groups (broad SMARTS) is 1. The van der Waals surface area contributed by atoms with E-state index in [2.05, 4.69) is 19.9 Å². The molecule has 0 radical (unpaired) electrons. The summed E-state index contributed by atoms with van der Waals surface area (Å²) in [7, 11) is 0. The van der Waals surface area contributed by atoms with Gasteiger partial charge < -0.3 is 15.3 Å². The van der Waals surface area contributed by atoms with Crippen molar-refractivity contribution in [3.8, 4) is 0 Å². The standard InChI is InChI=1S/C21H38O4/c1-3-4-7-10-16(2)13-14-18-17(19(22)15-20(18)23)11-8-5-6-9-12-21(24)25/h13,17-20,22-23H,3-12,14-15H2,1-2H3,(H,24,25). The summed E-state index contributed by atoms with van der Waals surface area (Å²) in [5.41, 5.74) is 1.40. The zero-order valence-electron chi connectivity index (χ0n) is 16.1. The SMILES string of the molecule is CCCCCC(C)=CCC1C(O)CC(O)C1CCCCCCC(=O)O. The van der Waals surface area contributed by atoms with Gasteiger partial charge in [-0.2, -0.15) is 0 Å². The molecule has 4 heteroatoms. The maximum absolute atomic E-state index is 10.5. The Morgan fingerprint density at radius 2 is 1.60 bits per heavy atom. The average Bonchev–Trinajstić information content (AvgIpc) is 2.82. The number of aliphatic hydroxyl groups excluding tert-OH is 2. The highest BCUT2D eigenvalue weighted by Crippen LogP contribution is 2.38. The molecular formula is C21H38O4. The minimum Gasteiger partial charge on any atom is -0.481 e. The molecule has 0 saturated heterocycles. The molecule has 1 rings (SSSR count). The molecule has 25 heavy (non-hydrogen) atoms. The van der Waals surface area contributed by atoms with E-state index >= 15 is 0 Å². The zero-order valence-corrected chi connectivity index (χ0v) is 16.1. The lowest BCUT2D eigenvalue weighted by Gasteiger charge is -2.22. The number of unbranched alkanes of at least 4 members (excludes halogenated alkanes) is 5. The number of carbonyl (C=O) groups is 1. The van der Waals surface area contributed by atoms with Gasteiger partial charge in [-0.3, -0.25) is 4.79 Å². The normalized spacial score (nSPS) is 27.0. The molecule has 0 spiro atoms. The van der Waals surface area contributed by atoms with Gasteiger partial charge in [0.25, 0.3) is 0 Å². The van der Waals surface area contributed by atoms with Crippen molar-refractivity contribution in [3.63, 3.8) is 0 Å². The monoisotopic (exact) mass is 354 g/mol. The van der Waals surface area contributed by atoms with E-state index in [0.29, 0.717) is 6.42 Å². The number of allylic oxidation sites excluding steroid dienone is 2. The van der Waals surface area contributed by atoms with E-state index in [-0.39, 0.29) is 18.3 Å². The molecule has 0 aromatic rings. The molecule has 0 aromatic carbocycles. The third kappa shape index (κ3) is 8.87. The van der Waals surface area contributed by atoms with Gasteiger partial charge in [0, 0.05) is 6.42 Å². The van der Waals surface area contributed by atoms with Crippen molar-refractivity contribution in [2.75, 3.05) is 0 Å². The molecule has 4 unspecified atom stereocenters. The summed E-state index contributed by atoms with van der Waals surface area (Å²) in [6, 6.07) is 0. The molecule has 4 nitrogen and oxygen atoms in total. The first-order chi connectivity index (χ1) is 12.0. The van der Waals surface area contributed by atoms with E-state index < -0.39 is 18.2 Å². The maximum Gasteiger partial charge on any atom is 0.303 e. The molecule has 3 N–H and O–H groups in total. The van der Waals surface area contributed by atoms with Crippen molar-refractivity contribution in [2.45, 2.75) is 103 Å². The number of aliphatic carboxylic acids is 1. The number of aliphatic hydroxyl groups is 2. The third-order valence-electron chi connectivity index (χ3n) is 5.61. The summed E-state index contributed by atoms with van der Waals surface area (Å²) >= 11 is 0. The Morgan fingerprint density at radius 3 is 2.28 bits per heavy atom. The molecule has 1 aliphatic rings. The first-order valence-electron chi connectivity index (χ1n) is 10.2. The predicted molar refractivity (Wildman–Crippen MR) is 101 cm³/mol. The van der Waals surface area contributed by atoms with Crippen LogP contribution in [0.25, 0.3) is 0 Å². The Balaban J connectivity index is 2.37. The van der Waals surface area contributed by atoms with Crippen LogP contribution >= 0.6 is 0 Å². The summed E-state index contributed by atoms with van der Waals surface area (Å²) in [6.07, 6.45) is 12.5. The molecule has 146 valence electrons. The molecule has 0 aliphatic heterocycles. The second-order valence-electron chi connectivity index (χ2n) is 7.79. The Morgan fingerprint density at radius 1 is 0.960 bits per heavy atom. The van der Waals surface area contributed by atoms with Gasteiger partial charge in [0.15, 0.2) is 0 Å². The van der Waals surface area contributed by atoms with Gasteiger partial charge in [-0.15, -0.1) is 0 Å². The van der Waals surface area contributed by atoms with E-state index in [1.807, 2.05) is 0 Å². The minimum atomic E-state index is -0.726. The van der Waals surface area contributed by atoms with Crippen molar-refractivity contribution in [1.29, 1.82) is 0 Å². The van der Waals surface area contributed by atoms with Gasteiger partial charge in [-0.25, -0.2) is 0 Å². The van der Waals surface area contributed by atoms with Gasteiger partial charge in [0.2, 0.25) is 0 Å². The Hall–Kier alpha value is -0.870. The van der Waals surface area contributed by atoms with Crippen LogP contribution in [0.4, 0.5) is 0 Å². The number of rotatable bonds is 13. The number of hydrogen-bond acceptors (Lipinski definition) is 3. The summed E-state index contributed by atoms with van der Waals surface area (Å²) in [4.78, 5) is 10.5. The fourth-order valence-corrected chi connectivity index (χ4v) is 4.01. The molecule has 0 bridgehead atoms. The lowest BCUT2D eigenvalue weighted by Crippen LogP contribution is -2.21. The van der Waals surface area contributed by atoms with E-state index in [0.717, 1.165) is 44.9 Å². The van der Waals surface area contributed by atoms with Crippen LogP contribution in [0.5, 0.6) is 0 Å². The van der Waals surface area contributed by atoms with Crippen LogP contribution in [0.15, 0.2) is 11.6 Å². The Labute approximate surface area is 153 Å². The number of carboxylic acids is 1.